The number of anilines is 1. The number of carbonyl (C=O) groups excluding carboxylic acids is 1. The molecule has 0 aliphatic heterocycles. The molecule has 0 bridgehead atoms. The lowest BCUT2D eigenvalue weighted by molar-refractivity contribution is 0.251. The van der Waals surface area contributed by atoms with Gasteiger partial charge in [-0.15, -0.1) is 0 Å². The van der Waals surface area contributed by atoms with E-state index in [0.29, 0.717) is 12.0 Å². The molecule has 2 fully saturated rings. The molecule has 2 N–H and O–H groups in total. The molecule has 102 valence electrons. The lowest BCUT2D eigenvalue weighted by Crippen LogP contribution is -2.32. The molecule has 1 aromatic rings. The first-order valence-electron chi connectivity index (χ1n) is 6.65. The van der Waals surface area contributed by atoms with Crippen molar-refractivity contribution >= 4 is 11.8 Å². The van der Waals surface area contributed by atoms with Crippen LogP contribution in [0.5, 0.6) is 0 Å². The number of amides is 2. The fraction of sp³-hybridized carbons (Fsp3) is 0.615. The second-order valence-electron chi connectivity index (χ2n) is 5.70. The van der Waals surface area contributed by atoms with Gasteiger partial charge in [-0.1, -0.05) is 6.92 Å². The van der Waals surface area contributed by atoms with E-state index in [-0.39, 0.29) is 17.4 Å². The number of aromatic nitrogens is 2. The van der Waals surface area contributed by atoms with Gasteiger partial charge in [0.05, 0.1) is 6.33 Å². The van der Waals surface area contributed by atoms with Gasteiger partial charge in [0.2, 0.25) is 0 Å². The van der Waals surface area contributed by atoms with Gasteiger partial charge in [-0.25, -0.2) is 9.78 Å². The molecule has 0 saturated heterocycles. The molecule has 4 atom stereocenters. The fourth-order valence-corrected chi connectivity index (χ4v) is 2.65. The van der Waals surface area contributed by atoms with Gasteiger partial charge >= 0.3 is 6.03 Å². The molecule has 0 spiro atoms. The van der Waals surface area contributed by atoms with Crippen molar-refractivity contribution in [1.29, 1.82) is 0 Å². The van der Waals surface area contributed by atoms with Crippen LogP contribution in [0.15, 0.2) is 17.2 Å². The van der Waals surface area contributed by atoms with E-state index in [1.165, 1.54) is 23.4 Å². The summed E-state index contributed by atoms with van der Waals surface area (Å²) in [6.07, 6.45) is 3.76. The van der Waals surface area contributed by atoms with Gasteiger partial charge in [-0.3, -0.25) is 10.1 Å². The smallest absolute Gasteiger partial charge is 0.320 e. The van der Waals surface area contributed by atoms with Crippen LogP contribution in [0.4, 0.5) is 10.6 Å². The predicted molar refractivity (Wildman–Crippen MR) is 70.8 cm³/mol. The van der Waals surface area contributed by atoms with Crippen molar-refractivity contribution in [1.82, 2.24) is 14.9 Å². The van der Waals surface area contributed by atoms with E-state index in [9.17, 15) is 9.59 Å². The van der Waals surface area contributed by atoms with Crippen molar-refractivity contribution < 1.29 is 4.79 Å². The molecule has 6 nitrogen and oxygen atoms in total. The third kappa shape index (κ3) is 2.62. The van der Waals surface area contributed by atoms with Crippen molar-refractivity contribution in [2.45, 2.75) is 25.8 Å². The zero-order valence-corrected chi connectivity index (χ0v) is 11.1. The molecule has 19 heavy (non-hydrogen) atoms. The minimum Gasteiger partial charge on any atom is -0.335 e. The fourth-order valence-electron chi connectivity index (χ4n) is 2.65. The van der Waals surface area contributed by atoms with Gasteiger partial charge < -0.3 is 9.88 Å². The Bertz CT molecular complexity index is 568. The van der Waals surface area contributed by atoms with Crippen LogP contribution >= 0.6 is 0 Å². The van der Waals surface area contributed by atoms with Gasteiger partial charge in [0.1, 0.15) is 5.82 Å². The predicted octanol–water partition coefficient (Wildman–Crippen LogP) is 0.946. The average Bonchev–Trinajstić information content (AvgIpc) is 3.22. The molecule has 0 aromatic carbocycles. The minimum atomic E-state index is -0.276. The van der Waals surface area contributed by atoms with Crippen LogP contribution in [0.2, 0.25) is 0 Å². The SMILES string of the molecule is C[C@@H]1C[C@H]1[C@@H]1C[C@H]1NC(=O)Nc1cc(=O)n(C)cn1. The quantitative estimate of drug-likeness (QED) is 0.851. The molecule has 2 saturated carbocycles. The van der Waals surface area contributed by atoms with Crippen LogP contribution in [0, 0.1) is 17.8 Å². The van der Waals surface area contributed by atoms with Crippen LogP contribution in [-0.2, 0) is 7.05 Å². The van der Waals surface area contributed by atoms with E-state index < -0.39 is 0 Å². The number of urea groups is 1. The number of aryl methyl sites for hydroxylation is 1. The number of rotatable bonds is 3. The molecule has 3 rings (SSSR count). The Morgan fingerprint density at radius 1 is 1.42 bits per heavy atom. The highest BCUT2D eigenvalue weighted by Crippen LogP contribution is 2.54. The molecular formula is C13H18N4O2. The number of carbonyl (C=O) groups is 1. The summed E-state index contributed by atoms with van der Waals surface area (Å²) in [6.45, 7) is 2.25. The summed E-state index contributed by atoms with van der Waals surface area (Å²) in [6, 6.07) is 1.33. The average molecular weight is 262 g/mol. The highest BCUT2D eigenvalue weighted by Gasteiger charge is 2.52. The van der Waals surface area contributed by atoms with Crippen LogP contribution in [0.1, 0.15) is 19.8 Å². The molecule has 0 radical (unpaired) electrons. The standard InChI is InChI=1S/C13H18N4O2/c1-7-3-8(7)9-4-10(9)15-13(19)16-11-5-12(18)17(2)6-14-11/h5-10H,3-4H2,1-2H3,(H2,15,16,19)/t7-,8-,9+,10-/m1/s1. The Hall–Kier alpha value is -1.85. The maximum Gasteiger partial charge on any atom is 0.320 e. The summed E-state index contributed by atoms with van der Waals surface area (Å²) in [7, 11) is 1.62. The lowest BCUT2D eigenvalue weighted by atomic mass is 10.2. The highest BCUT2D eigenvalue weighted by atomic mass is 16.2. The van der Waals surface area contributed by atoms with Crippen molar-refractivity contribution in [2.75, 3.05) is 5.32 Å². The highest BCUT2D eigenvalue weighted by molar-refractivity contribution is 5.88. The van der Waals surface area contributed by atoms with Crippen LogP contribution in [0.3, 0.4) is 0 Å². The molecule has 0 unspecified atom stereocenters. The third-order valence-electron chi connectivity index (χ3n) is 4.10. The van der Waals surface area contributed by atoms with Gasteiger partial charge in [-0.05, 0) is 30.6 Å². The summed E-state index contributed by atoms with van der Waals surface area (Å²) in [5, 5.41) is 5.53. The Labute approximate surface area is 111 Å². The van der Waals surface area contributed by atoms with E-state index in [2.05, 4.69) is 22.5 Å². The van der Waals surface area contributed by atoms with E-state index in [0.717, 1.165) is 18.3 Å². The van der Waals surface area contributed by atoms with E-state index in [1.54, 1.807) is 7.05 Å². The van der Waals surface area contributed by atoms with Crippen molar-refractivity contribution in [2.24, 2.45) is 24.8 Å². The van der Waals surface area contributed by atoms with Gasteiger partial charge in [0, 0.05) is 19.2 Å². The maximum atomic E-state index is 11.8. The Morgan fingerprint density at radius 3 is 2.79 bits per heavy atom. The Balaban J connectivity index is 1.51. The molecule has 1 aromatic heterocycles. The summed E-state index contributed by atoms with van der Waals surface area (Å²) >= 11 is 0. The Kier molecular flexibility index (Phi) is 2.80. The van der Waals surface area contributed by atoms with Gasteiger partial charge in [0.25, 0.3) is 5.56 Å². The number of hydrogen-bond acceptors (Lipinski definition) is 3. The second kappa shape index (κ2) is 4.36. The molecular weight excluding hydrogens is 244 g/mol. The largest absolute Gasteiger partial charge is 0.335 e. The van der Waals surface area contributed by atoms with Crippen molar-refractivity contribution in [3.05, 3.63) is 22.7 Å². The summed E-state index contributed by atoms with van der Waals surface area (Å²) in [4.78, 5) is 27.1. The van der Waals surface area contributed by atoms with Gasteiger partial charge in [0.15, 0.2) is 0 Å². The number of nitrogens with one attached hydrogen (secondary N) is 2. The third-order valence-corrected chi connectivity index (χ3v) is 4.10. The zero-order valence-electron chi connectivity index (χ0n) is 11.1. The van der Waals surface area contributed by atoms with E-state index in [4.69, 9.17) is 0 Å². The zero-order chi connectivity index (χ0) is 13.6. The van der Waals surface area contributed by atoms with Crippen molar-refractivity contribution in [3.63, 3.8) is 0 Å². The van der Waals surface area contributed by atoms with E-state index in [1.807, 2.05) is 0 Å². The first kappa shape index (κ1) is 12.2. The molecule has 1 heterocycles. The molecule has 2 amide bonds. The maximum absolute atomic E-state index is 11.8. The first-order valence-corrected chi connectivity index (χ1v) is 6.65. The van der Waals surface area contributed by atoms with Crippen molar-refractivity contribution in [3.8, 4) is 0 Å². The summed E-state index contributed by atoms with van der Waals surface area (Å²) < 4.78 is 1.36. The second-order valence-corrected chi connectivity index (χ2v) is 5.70. The van der Waals surface area contributed by atoms with E-state index >= 15 is 0 Å². The monoisotopic (exact) mass is 262 g/mol. The lowest BCUT2D eigenvalue weighted by Gasteiger charge is -2.06. The summed E-state index contributed by atoms with van der Waals surface area (Å²) in [5.41, 5.74) is -0.193. The minimum absolute atomic E-state index is 0.193. The Morgan fingerprint density at radius 2 is 2.16 bits per heavy atom. The van der Waals surface area contributed by atoms with Crippen LogP contribution in [0.25, 0.3) is 0 Å². The molecule has 2 aliphatic carbocycles. The topological polar surface area (TPSA) is 76.0 Å². The molecule has 2 aliphatic rings. The summed E-state index contributed by atoms with van der Waals surface area (Å²) in [5.74, 6) is 2.56. The molecule has 6 heteroatoms. The number of hydrogen-bond donors (Lipinski definition) is 2. The van der Waals surface area contributed by atoms with Crippen LogP contribution in [-0.4, -0.2) is 21.6 Å². The normalized spacial score (nSPS) is 31.7. The van der Waals surface area contributed by atoms with Crippen LogP contribution < -0.4 is 16.2 Å². The first-order chi connectivity index (χ1) is 9.04. The van der Waals surface area contributed by atoms with Gasteiger partial charge in [-0.2, -0.15) is 0 Å². The number of nitrogens with zero attached hydrogens (tertiary/aromatic N) is 2.